The molecule has 0 amide bonds. The van der Waals surface area contributed by atoms with E-state index in [2.05, 4.69) is 0 Å². The maximum Gasteiger partial charge on any atom is 0.0505 e. The van der Waals surface area contributed by atoms with Crippen molar-refractivity contribution in [2.75, 3.05) is 13.2 Å². The van der Waals surface area contributed by atoms with Gasteiger partial charge in [-0.25, -0.2) is 0 Å². The number of nitrogens with two attached hydrogens (primary N) is 1. The van der Waals surface area contributed by atoms with Gasteiger partial charge in [0.1, 0.15) is 0 Å². The highest BCUT2D eigenvalue weighted by Gasteiger charge is 2.53. The van der Waals surface area contributed by atoms with E-state index in [1.54, 1.807) is 6.07 Å². The smallest absolute Gasteiger partial charge is 0.0505 e. The first-order valence-electron chi connectivity index (χ1n) is 4.89. The first kappa shape index (κ1) is 11.2. The molecule has 1 aliphatic rings. The van der Waals surface area contributed by atoms with Crippen molar-refractivity contribution in [3.05, 3.63) is 33.8 Å². The van der Waals surface area contributed by atoms with Crippen LogP contribution in [0.5, 0.6) is 0 Å². The standard InChI is InChI=1S/C11H13Cl2NO/c12-7-1-2-8(10(13)3-7)9-4-11(9,5-14)6-15/h1-3,9,15H,4-6,14H2. The van der Waals surface area contributed by atoms with Gasteiger partial charge in [0.15, 0.2) is 0 Å². The summed E-state index contributed by atoms with van der Waals surface area (Å²) in [7, 11) is 0. The van der Waals surface area contributed by atoms with Crippen molar-refractivity contribution in [3.8, 4) is 0 Å². The quantitative estimate of drug-likeness (QED) is 0.860. The van der Waals surface area contributed by atoms with Crippen LogP contribution < -0.4 is 5.73 Å². The Morgan fingerprint density at radius 2 is 2.20 bits per heavy atom. The Bertz CT molecular complexity index is 377. The molecule has 2 unspecified atom stereocenters. The van der Waals surface area contributed by atoms with Crippen molar-refractivity contribution in [1.82, 2.24) is 0 Å². The molecule has 2 atom stereocenters. The third kappa shape index (κ3) is 1.87. The second kappa shape index (κ2) is 3.95. The van der Waals surface area contributed by atoms with Crippen LogP contribution in [-0.4, -0.2) is 18.3 Å². The predicted molar refractivity (Wildman–Crippen MR) is 62.4 cm³/mol. The van der Waals surface area contributed by atoms with E-state index in [9.17, 15) is 5.11 Å². The van der Waals surface area contributed by atoms with E-state index in [1.807, 2.05) is 12.1 Å². The van der Waals surface area contributed by atoms with Crippen LogP contribution in [0.2, 0.25) is 10.0 Å². The fourth-order valence-electron chi connectivity index (χ4n) is 2.04. The van der Waals surface area contributed by atoms with Gasteiger partial charge in [-0.1, -0.05) is 29.3 Å². The van der Waals surface area contributed by atoms with Gasteiger partial charge in [-0.3, -0.25) is 0 Å². The fourth-order valence-corrected chi connectivity index (χ4v) is 2.58. The zero-order valence-electron chi connectivity index (χ0n) is 8.21. The van der Waals surface area contributed by atoms with Crippen LogP contribution in [0.1, 0.15) is 17.9 Å². The molecule has 1 aromatic carbocycles. The van der Waals surface area contributed by atoms with Crippen LogP contribution >= 0.6 is 23.2 Å². The number of rotatable bonds is 3. The molecule has 0 aromatic heterocycles. The van der Waals surface area contributed by atoms with Crippen molar-refractivity contribution >= 4 is 23.2 Å². The lowest BCUT2D eigenvalue weighted by Gasteiger charge is -2.12. The van der Waals surface area contributed by atoms with Gasteiger partial charge in [0.05, 0.1) is 6.61 Å². The number of hydrogen-bond acceptors (Lipinski definition) is 2. The molecular weight excluding hydrogens is 233 g/mol. The fraction of sp³-hybridized carbons (Fsp3) is 0.455. The highest BCUT2D eigenvalue weighted by atomic mass is 35.5. The van der Waals surface area contributed by atoms with Gasteiger partial charge in [-0.15, -0.1) is 0 Å². The second-order valence-electron chi connectivity index (χ2n) is 4.15. The Kier molecular flexibility index (Phi) is 2.95. The van der Waals surface area contributed by atoms with Crippen LogP contribution in [0.15, 0.2) is 18.2 Å². The molecule has 2 rings (SSSR count). The summed E-state index contributed by atoms with van der Waals surface area (Å²) in [6.07, 6.45) is 0.904. The van der Waals surface area contributed by atoms with Gasteiger partial charge in [-0.05, 0) is 30.0 Å². The van der Waals surface area contributed by atoms with Gasteiger partial charge in [-0.2, -0.15) is 0 Å². The third-order valence-corrected chi connectivity index (χ3v) is 3.81. The minimum absolute atomic E-state index is 0.118. The molecular formula is C11H13Cl2NO. The first-order valence-corrected chi connectivity index (χ1v) is 5.64. The molecule has 0 heterocycles. The van der Waals surface area contributed by atoms with Crippen LogP contribution in [0.25, 0.3) is 0 Å². The maximum absolute atomic E-state index is 9.28. The molecule has 1 aromatic rings. The minimum atomic E-state index is -0.155. The monoisotopic (exact) mass is 245 g/mol. The zero-order valence-corrected chi connectivity index (χ0v) is 9.72. The molecule has 0 bridgehead atoms. The van der Waals surface area contributed by atoms with E-state index in [-0.39, 0.29) is 17.9 Å². The average Bonchev–Trinajstić information content (AvgIpc) is 2.93. The first-order chi connectivity index (χ1) is 7.13. The Labute approximate surface area is 99.0 Å². The highest BCUT2D eigenvalue weighted by molar-refractivity contribution is 6.35. The molecule has 1 saturated carbocycles. The van der Waals surface area contributed by atoms with Gasteiger partial charge in [0.25, 0.3) is 0 Å². The lowest BCUT2D eigenvalue weighted by atomic mass is 10.00. The van der Waals surface area contributed by atoms with Gasteiger partial charge >= 0.3 is 0 Å². The third-order valence-electron chi connectivity index (χ3n) is 3.25. The summed E-state index contributed by atoms with van der Waals surface area (Å²) in [5.74, 6) is 0.275. The van der Waals surface area contributed by atoms with E-state index < -0.39 is 0 Å². The molecule has 1 aliphatic carbocycles. The van der Waals surface area contributed by atoms with E-state index >= 15 is 0 Å². The van der Waals surface area contributed by atoms with Crippen molar-refractivity contribution < 1.29 is 5.11 Å². The van der Waals surface area contributed by atoms with Crippen molar-refractivity contribution in [3.63, 3.8) is 0 Å². The molecule has 0 aliphatic heterocycles. The Hall–Kier alpha value is -0.280. The zero-order chi connectivity index (χ0) is 11.1. The van der Waals surface area contributed by atoms with E-state index in [0.29, 0.717) is 16.6 Å². The van der Waals surface area contributed by atoms with E-state index in [0.717, 1.165) is 12.0 Å². The molecule has 1 fully saturated rings. The Morgan fingerprint density at radius 3 is 2.67 bits per heavy atom. The average molecular weight is 246 g/mol. The van der Waals surface area contributed by atoms with Crippen molar-refractivity contribution in [2.24, 2.45) is 11.1 Å². The Morgan fingerprint density at radius 1 is 1.47 bits per heavy atom. The molecule has 0 radical (unpaired) electrons. The van der Waals surface area contributed by atoms with Gasteiger partial charge in [0, 0.05) is 22.0 Å². The largest absolute Gasteiger partial charge is 0.396 e. The number of hydrogen-bond donors (Lipinski definition) is 2. The van der Waals surface area contributed by atoms with Gasteiger partial charge < -0.3 is 10.8 Å². The van der Waals surface area contributed by atoms with Crippen LogP contribution in [0, 0.1) is 5.41 Å². The second-order valence-corrected chi connectivity index (χ2v) is 4.99. The van der Waals surface area contributed by atoms with Crippen LogP contribution in [0.4, 0.5) is 0 Å². The van der Waals surface area contributed by atoms with Crippen molar-refractivity contribution in [1.29, 1.82) is 0 Å². The topological polar surface area (TPSA) is 46.2 Å². The normalized spacial score (nSPS) is 29.2. The van der Waals surface area contributed by atoms with E-state index in [1.165, 1.54) is 0 Å². The lowest BCUT2D eigenvalue weighted by molar-refractivity contribution is 0.211. The summed E-state index contributed by atoms with van der Waals surface area (Å²) < 4.78 is 0. The molecule has 82 valence electrons. The summed E-state index contributed by atoms with van der Waals surface area (Å²) in [6.45, 7) is 0.611. The maximum atomic E-state index is 9.28. The number of aliphatic hydroxyl groups is 1. The summed E-state index contributed by atoms with van der Waals surface area (Å²) in [4.78, 5) is 0. The SMILES string of the molecule is NCC1(CO)CC1c1ccc(Cl)cc1Cl. The highest BCUT2D eigenvalue weighted by Crippen LogP contribution is 2.59. The minimum Gasteiger partial charge on any atom is -0.396 e. The lowest BCUT2D eigenvalue weighted by Crippen LogP contribution is -2.21. The predicted octanol–water partition coefficient (Wildman–Crippen LogP) is 2.42. The number of benzene rings is 1. The summed E-state index contributed by atoms with van der Waals surface area (Å²) in [6, 6.07) is 5.47. The summed E-state index contributed by atoms with van der Waals surface area (Å²) in [5.41, 5.74) is 6.54. The van der Waals surface area contributed by atoms with Crippen LogP contribution in [-0.2, 0) is 0 Å². The van der Waals surface area contributed by atoms with Crippen LogP contribution in [0.3, 0.4) is 0 Å². The number of halogens is 2. The molecule has 0 saturated heterocycles. The molecule has 3 N–H and O–H groups in total. The molecule has 2 nitrogen and oxygen atoms in total. The molecule has 0 spiro atoms. The Balaban J connectivity index is 2.26. The van der Waals surface area contributed by atoms with E-state index in [4.69, 9.17) is 28.9 Å². The van der Waals surface area contributed by atoms with Crippen molar-refractivity contribution in [2.45, 2.75) is 12.3 Å². The number of aliphatic hydroxyl groups excluding tert-OH is 1. The summed E-state index contributed by atoms with van der Waals surface area (Å²) in [5, 5.41) is 10.6. The molecule has 15 heavy (non-hydrogen) atoms. The van der Waals surface area contributed by atoms with Gasteiger partial charge in [0.2, 0.25) is 0 Å². The summed E-state index contributed by atoms with van der Waals surface area (Å²) >= 11 is 11.9. The molecule has 4 heteroatoms.